The highest BCUT2D eigenvalue weighted by Crippen LogP contribution is 2.39. The molecule has 0 rings (SSSR count). The number of ether oxygens (including phenoxy) is 2. The molecule has 0 N–H and O–H groups in total. The highest BCUT2D eigenvalue weighted by atomic mass is 79.9. The summed E-state index contributed by atoms with van der Waals surface area (Å²) >= 11 is 21.5. The van der Waals surface area contributed by atoms with Crippen molar-refractivity contribution in [3.8, 4) is 0 Å². The van der Waals surface area contributed by atoms with Crippen LogP contribution in [0.4, 0.5) is 4.79 Å². The lowest BCUT2D eigenvalue weighted by Crippen LogP contribution is -2.45. The van der Waals surface area contributed by atoms with E-state index in [1.165, 1.54) is 0 Å². The van der Waals surface area contributed by atoms with Crippen molar-refractivity contribution < 1.29 is 14.3 Å². The zero-order chi connectivity index (χ0) is 19.1. The summed E-state index contributed by atoms with van der Waals surface area (Å²) in [6.45, 7) is 8.69. The molecule has 0 aromatic rings. The number of hydrogen-bond donors (Lipinski definition) is 0. The summed E-state index contributed by atoms with van der Waals surface area (Å²) in [7, 11) is 0. The average molecular weight is 732 g/mol. The van der Waals surface area contributed by atoms with Crippen molar-refractivity contribution in [2.45, 2.75) is 47.0 Å². The van der Waals surface area contributed by atoms with E-state index in [2.05, 4.69) is 95.6 Å². The zero-order valence-corrected chi connectivity index (χ0v) is 23.6. The number of rotatable bonds is 10. The minimum absolute atomic E-state index is 0.151. The predicted molar refractivity (Wildman–Crippen MR) is 123 cm³/mol. The van der Waals surface area contributed by atoms with Crippen LogP contribution in [0.15, 0.2) is 0 Å². The molecule has 24 heavy (non-hydrogen) atoms. The molecule has 0 spiro atoms. The van der Waals surface area contributed by atoms with Gasteiger partial charge in [0, 0.05) is 40.8 Å². The van der Waals surface area contributed by atoms with Crippen LogP contribution in [0, 0.1) is 10.8 Å². The molecule has 0 heterocycles. The van der Waals surface area contributed by atoms with Crippen LogP contribution >= 0.6 is 95.6 Å². The Kier molecular flexibility index (Phi) is 12.9. The van der Waals surface area contributed by atoms with Crippen LogP contribution in [-0.4, -0.2) is 49.3 Å². The van der Waals surface area contributed by atoms with Crippen molar-refractivity contribution in [1.82, 2.24) is 0 Å². The second kappa shape index (κ2) is 11.9. The molecular formula is C15H24Br6O3. The number of carbonyl (C=O) groups is 1. The van der Waals surface area contributed by atoms with Crippen molar-refractivity contribution in [3.63, 3.8) is 0 Å². The van der Waals surface area contributed by atoms with Crippen molar-refractivity contribution in [3.05, 3.63) is 0 Å². The van der Waals surface area contributed by atoms with Gasteiger partial charge in [0.1, 0.15) is 13.2 Å². The molecular weight excluding hydrogens is 708 g/mol. The van der Waals surface area contributed by atoms with Crippen LogP contribution in [-0.2, 0) is 9.47 Å². The van der Waals surface area contributed by atoms with Gasteiger partial charge in [-0.15, -0.1) is 0 Å². The Morgan fingerprint density at radius 1 is 0.750 bits per heavy atom. The molecule has 0 aromatic carbocycles. The number of alkyl halides is 6. The third-order valence-corrected chi connectivity index (χ3v) is 10.3. The third kappa shape index (κ3) is 6.64. The summed E-state index contributed by atoms with van der Waals surface area (Å²) in [5.41, 5.74) is -0.534. The fourth-order valence-corrected chi connectivity index (χ4v) is 9.50. The van der Waals surface area contributed by atoms with Gasteiger partial charge in [0.25, 0.3) is 0 Å². The van der Waals surface area contributed by atoms with Crippen LogP contribution in [0.5, 0.6) is 0 Å². The predicted octanol–water partition coefficient (Wildman–Crippen LogP) is 7.04. The van der Waals surface area contributed by atoms with Gasteiger partial charge in [-0.2, -0.15) is 0 Å². The first-order valence-corrected chi connectivity index (χ1v) is 13.4. The first-order valence-electron chi connectivity index (χ1n) is 7.48. The Balaban J connectivity index is 4.86. The monoisotopic (exact) mass is 726 g/mol. The summed E-state index contributed by atoms with van der Waals surface area (Å²) in [5.74, 6) is 0. The maximum Gasteiger partial charge on any atom is 0.508 e. The topological polar surface area (TPSA) is 35.5 Å². The van der Waals surface area contributed by atoms with E-state index in [-0.39, 0.29) is 43.4 Å². The molecule has 144 valence electrons. The maximum atomic E-state index is 12.1. The molecule has 0 aromatic heterocycles. The molecule has 0 aliphatic heterocycles. The molecule has 0 bridgehead atoms. The number of hydrogen-bond acceptors (Lipinski definition) is 3. The van der Waals surface area contributed by atoms with Gasteiger partial charge in [0.15, 0.2) is 0 Å². The molecule has 4 atom stereocenters. The lowest BCUT2D eigenvalue weighted by molar-refractivity contribution is 0.00888. The molecule has 3 nitrogen and oxygen atoms in total. The SMILES string of the molecule is CC(Br)C(CBr)(COC(=O)OCC(CBr)(C(C)Br)C(C)Br)C(C)Br. The van der Waals surface area contributed by atoms with E-state index >= 15 is 0 Å². The van der Waals surface area contributed by atoms with Crippen LogP contribution in [0.2, 0.25) is 0 Å². The highest BCUT2D eigenvalue weighted by molar-refractivity contribution is 9.11. The Labute approximate surface area is 195 Å². The lowest BCUT2D eigenvalue weighted by Gasteiger charge is -2.38. The van der Waals surface area contributed by atoms with E-state index < -0.39 is 6.16 Å². The highest BCUT2D eigenvalue weighted by Gasteiger charge is 2.42. The van der Waals surface area contributed by atoms with Gasteiger partial charge < -0.3 is 9.47 Å². The Morgan fingerprint density at radius 2 is 1.00 bits per heavy atom. The summed E-state index contributed by atoms with van der Waals surface area (Å²) in [6, 6.07) is 0. The van der Waals surface area contributed by atoms with E-state index in [1.807, 2.05) is 27.7 Å². The summed E-state index contributed by atoms with van der Waals surface area (Å²) in [5, 5.41) is 1.38. The van der Waals surface area contributed by atoms with Crippen LogP contribution in [0.1, 0.15) is 27.7 Å². The fraction of sp³-hybridized carbons (Fsp3) is 0.933. The van der Waals surface area contributed by atoms with Crippen molar-refractivity contribution in [2.24, 2.45) is 10.8 Å². The molecule has 9 heteroatoms. The molecule has 4 unspecified atom stereocenters. The van der Waals surface area contributed by atoms with E-state index in [0.717, 1.165) is 0 Å². The molecule has 0 saturated carbocycles. The fourth-order valence-electron chi connectivity index (χ4n) is 2.02. The largest absolute Gasteiger partial charge is 0.508 e. The van der Waals surface area contributed by atoms with Gasteiger partial charge in [0.05, 0.1) is 0 Å². The quantitative estimate of drug-likeness (QED) is 0.179. The van der Waals surface area contributed by atoms with Crippen LogP contribution in [0.25, 0.3) is 0 Å². The lowest BCUT2D eigenvalue weighted by atomic mass is 9.85. The maximum absolute atomic E-state index is 12.1. The first kappa shape index (κ1) is 26.1. The van der Waals surface area contributed by atoms with Gasteiger partial charge in [0.2, 0.25) is 0 Å². The Morgan fingerprint density at radius 3 is 1.17 bits per heavy atom. The van der Waals surface area contributed by atoms with Crippen molar-refractivity contribution in [1.29, 1.82) is 0 Å². The first-order chi connectivity index (χ1) is 11.0. The van der Waals surface area contributed by atoms with Crippen LogP contribution in [0.3, 0.4) is 0 Å². The van der Waals surface area contributed by atoms with Gasteiger partial charge in [-0.05, 0) is 0 Å². The van der Waals surface area contributed by atoms with Crippen molar-refractivity contribution >= 4 is 102 Å². The minimum Gasteiger partial charge on any atom is -0.434 e. The third-order valence-electron chi connectivity index (χ3n) is 4.58. The molecule has 0 radical (unpaired) electrons. The Bertz CT molecular complexity index is 337. The second-order valence-corrected chi connectivity index (χ2v) is 12.6. The summed E-state index contributed by atoms with van der Waals surface area (Å²) in [4.78, 5) is 12.7. The van der Waals surface area contributed by atoms with Gasteiger partial charge >= 0.3 is 6.16 Å². The molecule has 0 aliphatic carbocycles. The van der Waals surface area contributed by atoms with E-state index in [4.69, 9.17) is 9.47 Å². The van der Waals surface area contributed by atoms with E-state index in [9.17, 15) is 4.79 Å². The minimum atomic E-state index is -0.645. The smallest absolute Gasteiger partial charge is 0.434 e. The molecule has 0 amide bonds. The number of halogens is 6. The van der Waals surface area contributed by atoms with Gasteiger partial charge in [-0.1, -0.05) is 123 Å². The zero-order valence-electron chi connectivity index (χ0n) is 14.1. The molecule has 0 fully saturated rings. The Hall–Kier alpha value is 2.15. The normalized spacial score (nSPS) is 21.8. The number of carbonyl (C=O) groups excluding carboxylic acids is 1. The second-order valence-electron chi connectivity index (χ2n) is 6.02. The van der Waals surface area contributed by atoms with Gasteiger partial charge in [-0.25, -0.2) is 4.79 Å². The van der Waals surface area contributed by atoms with Crippen LogP contribution < -0.4 is 0 Å². The standard InChI is InChI=1S/C15H24Br6O3/c1-9(18)14(5-16,10(2)19)7-23-13(22)24-8-15(6-17,11(3)20)12(4)21/h9-12H,5-8H2,1-4H3. The summed E-state index contributed by atoms with van der Waals surface area (Å²) < 4.78 is 10.8. The van der Waals surface area contributed by atoms with E-state index in [1.54, 1.807) is 0 Å². The van der Waals surface area contributed by atoms with Gasteiger partial charge in [-0.3, -0.25) is 0 Å². The molecule has 0 aliphatic rings. The van der Waals surface area contributed by atoms with E-state index in [0.29, 0.717) is 10.7 Å². The van der Waals surface area contributed by atoms with Crippen molar-refractivity contribution in [2.75, 3.05) is 23.9 Å². The molecule has 0 saturated heterocycles. The summed E-state index contributed by atoms with van der Waals surface area (Å²) in [6.07, 6.45) is -0.645. The average Bonchev–Trinajstić information content (AvgIpc) is 2.47.